The summed E-state index contributed by atoms with van der Waals surface area (Å²) in [6.07, 6.45) is 1.86. The van der Waals surface area contributed by atoms with Crippen molar-refractivity contribution in [2.75, 3.05) is 36.8 Å². The predicted molar refractivity (Wildman–Crippen MR) is 80.5 cm³/mol. The molecule has 4 nitrogen and oxygen atoms in total. The van der Waals surface area contributed by atoms with Gasteiger partial charge in [-0.3, -0.25) is 4.90 Å². The molecule has 1 aliphatic rings. The van der Waals surface area contributed by atoms with E-state index in [2.05, 4.69) is 46.3 Å². The first-order valence-corrected chi connectivity index (χ1v) is 7.21. The highest BCUT2D eigenvalue weighted by Crippen LogP contribution is 2.08. The molecule has 1 aromatic carbocycles. The number of benzene rings is 1. The van der Waals surface area contributed by atoms with Crippen LogP contribution in [0, 0.1) is 0 Å². The van der Waals surface area contributed by atoms with Crippen LogP contribution >= 0.6 is 0 Å². The van der Waals surface area contributed by atoms with E-state index in [1.807, 2.05) is 12.3 Å². The number of hydrogen-bond acceptors (Lipinski definition) is 2. The minimum atomic E-state index is 0.780. The van der Waals surface area contributed by atoms with E-state index < -0.39 is 0 Å². The summed E-state index contributed by atoms with van der Waals surface area (Å²) in [4.78, 5) is 7.31. The molecule has 4 heteroatoms. The summed E-state index contributed by atoms with van der Waals surface area (Å²) in [5.74, 6) is 1.16. The van der Waals surface area contributed by atoms with Gasteiger partial charge < -0.3 is 10.6 Å². The van der Waals surface area contributed by atoms with Gasteiger partial charge in [0.05, 0.1) is 5.69 Å². The zero-order chi connectivity index (χ0) is 13.8. The molecule has 0 aliphatic carbocycles. The van der Waals surface area contributed by atoms with Crippen molar-refractivity contribution in [3.8, 4) is 0 Å². The first kappa shape index (κ1) is 12.9. The van der Waals surface area contributed by atoms with Gasteiger partial charge in [0.15, 0.2) is 0 Å². The van der Waals surface area contributed by atoms with Gasteiger partial charge in [0, 0.05) is 11.6 Å². The fraction of sp³-hybridized carbons (Fsp3) is 0.312. The van der Waals surface area contributed by atoms with Crippen LogP contribution in [0.5, 0.6) is 0 Å². The van der Waals surface area contributed by atoms with Gasteiger partial charge in [0.25, 0.3) is 5.82 Å². The molecule has 0 unspecified atom stereocenters. The zero-order valence-electron chi connectivity index (χ0n) is 11.7. The maximum Gasteiger partial charge on any atom is 0.274 e. The number of pyridine rings is 1. The van der Waals surface area contributed by atoms with Crippen LogP contribution in [0.25, 0.3) is 0 Å². The van der Waals surface area contributed by atoms with Gasteiger partial charge in [-0.25, -0.2) is 4.98 Å². The first-order valence-electron chi connectivity index (χ1n) is 7.21. The number of quaternary nitrogens is 1. The van der Waals surface area contributed by atoms with Crippen molar-refractivity contribution in [2.24, 2.45) is 0 Å². The summed E-state index contributed by atoms with van der Waals surface area (Å²) in [7, 11) is 0. The molecule has 0 radical (unpaired) electrons. The number of nitrogens with two attached hydrogens (primary N) is 1. The van der Waals surface area contributed by atoms with Crippen molar-refractivity contribution in [3.05, 3.63) is 54.2 Å². The Bertz CT molecular complexity index is 530. The lowest BCUT2D eigenvalue weighted by atomic mass is 10.2. The van der Waals surface area contributed by atoms with E-state index in [9.17, 15) is 0 Å². The number of anilines is 2. The topological polar surface area (TPSA) is 47.8 Å². The fourth-order valence-corrected chi connectivity index (χ4v) is 2.75. The molecule has 2 heterocycles. The molecule has 1 saturated heterocycles. The highest BCUT2D eigenvalue weighted by Gasteiger charge is 2.25. The van der Waals surface area contributed by atoms with Gasteiger partial charge in [-0.15, -0.1) is 0 Å². The molecule has 1 fully saturated rings. The largest absolute Gasteiger partial charge is 0.396 e. The van der Waals surface area contributed by atoms with E-state index in [0.717, 1.165) is 31.1 Å². The average Bonchev–Trinajstić information content (AvgIpc) is 2.50. The van der Waals surface area contributed by atoms with Crippen LogP contribution in [0.2, 0.25) is 0 Å². The molecule has 2 aromatic rings. The molecule has 0 amide bonds. The summed E-state index contributed by atoms with van der Waals surface area (Å²) in [6.45, 7) is 5.64. The third kappa shape index (κ3) is 3.08. The summed E-state index contributed by atoms with van der Waals surface area (Å²) in [5.41, 5.74) is 7.92. The van der Waals surface area contributed by atoms with Gasteiger partial charge in [0.1, 0.15) is 38.9 Å². The third-order valence-corrected chi connectivity index (χ3v) is 3.93. The highest BCUT2D eigenvalue weighted by molar-refractivity contribution is 5.40. The summed E-state index contributed by atoms with van der Waals surface area (Å²) < 4.78 is 0. The Morgan fingerprint density at radius 1 is 1.05 bits per heavy atom. The van der Waals surface area contributed by atoms with Crippen molar-refractivity contribution in [1.82, 2.24) is 0 Å². The van der Waals surface area contributed by atoms with E-state index in [1.54, 1.807) is 4.90 Å². The van der Waals surface area contributed by atoms with Gasteiger partial charge in [-0.1, -0.05) is 30.3 Å². The number of nitrogen functional groups attached to an aromatic ring is 1. The summed E-state index contributed by atoms with van der Waals surface area (Å²) in [5, 5.41) is 0. The minimum Gasteiger partial charge on any atom is -0.396 e. The summed E-state index contributed by atoms with van der Waals surface area (Å²) in [6, 6.07) is 14.8. The number of hydrogen-bond donors (Lipinski definition) is 2. The Balaban J connectivity index is 1.55. The van der Waals surface area contributed by atoms with Crippen LogP contribution in [0.15, 0.2) is 48.7 Å². The van der Waals surface area contributed by atoms with Crippen molar-refractivity contribution >= 4 is 11.5 Å². The number of aromatic amines is 1. The number of H-pyrrole nitrogens is 1. The van der Waals surface area contributed by atoms with E-state index >= 15 is 0 Å². The Labute approximate surface area is 119 Å². The Morgan fingerprint density at radius 3 is 2.45 bits per heavy atom. The molecule has 0 spiro atoms. The standard InChI is InChI=1S/C16H20N4/c17-15-6-7-16(18-12-15)20-10-8-19(9-11-20)13-14-4-2-1-3-5-14/h1-7,12H,8-11,13,17H2/p+2. The van der Waals surface area contributed by atoms with Crippen LogP contribution in [-0.4, -0.2) is 26.2 Å². The van der Waals surface area contributed by atoms with Gasteiger partial charge in [-0.05, 0) is 6.07 Å². The molecular weight excluding hydrogens is 248 g/mol. The zero-order valence-corrected chi connectivity index (χ0v) is 11.7. The molecule has 4 N–H and O–H groups in total. The Kier molecular flexibility index (Phi) is 3.83. The smallest absolute Gasteiger partial charge is 0.274 e. The maximum atomic E-state index is 5.71. The van der Waals surface area contributed by atoms with Gasteiger partial charge in [-0.2, -0.15) is 0 Å². The van der Waals surface area contributed by atoms with Gasteiger partial charge in [0.2, 0.25) is 0 Å². The SMILES string of the molecule is Nc1ccc(N2CC[NH+](Cc3ccccc3)CC2)[nH+]c1. The lowest BCUT2D eigenvalue weighted by Crippen LogP contribution is -3.13. The Morgan fingerprint density at radius 2 is 1.80 bits per heavy atom. The van der Waals surface area contributed by atoms with Gasteiger partial charge >= 0.3 is 0 Å². The van der Waals surface area contributed by atoms with Crippen LogP contribution < -0.4 is 20.5 Å². The van der Waals surface area contributed by atoms with Crippen molar-refractivity contribution in [2.45, 2.75) is 6.54 Å². The van der Waals surface area contributed by atoms with Crippen LogP contribution in [0.1, 0.15) is 5.56 Å². The molecule has 0 atom stereocenters. The molecule has 1 aliphatic heterocycles. The second-order valence-corrected chi connectivity index (χ2v) is 5.41. The van der Waals surface area contributed by atoms with Crippen LogP contribution in [0.3, 0.4) is 0 Å². The second-order valence-electron chi connectivity index (χ2n) is 5.41. The fourth-order valence-electron chi connectivity index (χ4n) is 2.75. The van der Waals surface area contributed by atoms with E-state index in [0.29, 0.717) is 0 Å². The predicted octanol–water partition coefficient (Wildman–Crippen LogP) is -0.0120. The van der Waals surface area contributed by atoms with E-state index in [-0.39, 0.29) is 0 Å². The van der Waals surface area contributed by atoms with E-state index in [1.165, 1.54) is 18.7 Å². The summed E-state index contributed by atoms with van der Waals surface area (Å²) >= 11 is 0. The van der Waals surface area contributed by atoms with E-state index in [4.69, 9.17) is 5.73 Å². The van der Waals surface area contributed by atoms with Crippen LogP contribution in [0.4, 0.5) is 11.5 Å². The number of aromatic nitrogens is 1. The lowest BCUT2D eigenvalue weighted by Gasteiger charge is -2.28. The third-order valence-electron chi connectivity index (χ3n) is 3.93. The quantitative estimate of drug-likeness (QED) is 0.824. The molecule has 0 bridgehead atoms. The number of rotatable bonds is 3. The number of nitrogens with one attached hydrogen (secondary N) is 2. The Hall–Kier alpha value is -2.07. The molecular formula is C16H22N4+2. The van der Waals surface area contributed by atoms with Crippen molar-refractivity contribution in [3.63, 3.8) is 0 Å². The monoisotopic (exact) mass is 270 g/mol. The normalized spacial score (nSPS) is 16.3. The highest BCUT2D eigenvalue weighted by atomic mass is 15.3. The lowest BCUT2D eigenvalue weighted by molar-refractivity contribution is -0.914. The molecule has 0 saturated carbocycles. The first-order chi connectivity index (χ1) is 9.81. The second kappa shape index (κ2) is 5.92. The molecule has 104 valence electrons. The minimum absolute atomic E-state index is 0.780. The molecule has 20 heavy (non-hydrogen) atoms. The van der Waals surface area contributed by atoms with Crippen LogP contribution in [-0.2, 0) is 6.54 Å². The van der Waals surface area contributed by atoms with Crippen molar-refractivity contribution in [1.29, 1.82) is 0 Å². The number of piperazine rings is 1. The number of nitrogens with zero attached hydrogens (tertiary/aromatic N) is 1. The maximum absolute atomic E-state index is 5.71. The van der Waals surface area contributed by atoms with Crippen molar-refractivity contribution < 1.29 is 9.88 Å². The molecule has 1 aromatic heterocycles. The average molecular weight is 270 g/mol. The molecule has 3 rings (SSSR count).